The number of anilines is 1. The number of nitrogens with one attached hydrogen (secondary N) is 1. The smallest absolute Gasteiger partial charge is 0.307 e. The molecule has 0 aliphatic heterocycles. The van der Waals surface area contributed by atoms with E-state index in [4.69, 9.17) is 21.3 Å². The summed E-state index contributed by atoms with van der Waals surface area (Å²) in [5.74, 6) is 0.0713. The molecular formula is C29H36ClN3O3S. The van der Waals surface area contributed by atoms with Gasteiger partial charge in [-0.2, -0.15) is 0 Å². The molecule has 0 saturated carbocycles. The van der Waals surface area contributed by atoms with Gasteiger partial charge < -0.3 is 15.0 Å². The second-order valence-corrected chi connectivity index (χ2v) is 10.9. The third-order valence-corrected chi connectivity index (χ3v) is 7.33. The predicted octanol–water partition coefficient (Wildman–Crippen LogP) is 6.44. The lowest BCUT2D eigenvalue weighted by Gasteiger charge is -2.22. The minimum absolute atomic E-state index is 0.102. The van der Waals surface area contributed by atoms with E-state index in [1.54, 1.807) is 18.3 Å². The summed E-state index contributed by atoms with van der Waals surface area (Å²) in [5.41, 5.74) is 4.20. The number of carbonyl (C=O) groups is 2. The minimum Gasteiger partial charge on any atom is -0.466 e. The van der Waals surface area contributed by atoms with Crippen molar-refractivity contribution in [3.8, 4) is 11.3 Å². The molecule has 3 rings (SSSR count). The zero-order valence-electron chi connectivity index (χ0n) is 22.1. The normalized spacial score (nSPS) is 11.0. The van der Waals surface area contributed by atoms with Gasteiger partial charge in [0, 0.05) is 41.5 Å². The van der Waals surface area contributed by atoms with Crippen LogP contribution in [0.2, 0.25) is 5.02 Å². The summed E-state index contributed by atoms with van der Waals surface area (Å²) in [6.07, 6.45) is 1.38. The number of carbonyl (C=O) groups excluding carboxylic acids is 2. The van der Waals surface area contributed by atoms with Gasteiger partial charge in [-0.1, -0.05) is 61.8 Å². The molecule has 198 valence electrons. The SMILES string of the molecule is CCOC(=O)CCNC(=O)CCN(Cc1ccccc1)c1nc(-c2ccc(Cl)c(C)c2)c(CC(C)C)s1. The molecule has 2 aromatic carbocycles. The molecule has 0 atom stereocenters. The number of ether oxygens (including phenoxy) is 1. The Balaban J connectivity index is 1.82. The fraction of sp³-hybridized carbons (Fsp3) is 0.414. The van der Waals surface area contributed by atoms with Gasteiger partial charge in [0.15, 0.2) is 5.13 Å². The van der Waals surface area contributed by atoms with Gasteiger partial charge in [0.2, 0.25) is 5.91 Å². The van der Waals surface area contributed by atoms with Crippen LogP contribution in [0.15, 0.2) is 48.5 Å². The Morgan fingerprint density at radius 2 is 1.89 bits per heavy atom. The molecule has 8 heteroatoms. The van der Waals surface area contributed by atoms with Gasteiger partial charge in [-0.3, -0.25) is 9.59 Å². The lowest BCUT2D eigenvalue weighted by molar-refractivity contribution is -0.143. The quantitative estimate of drug-likeness (QED) is 0.252. The maximum Gasteiger partial charge on any atom is 0.307 e. The van der Waals surface area contributed by atoms with E-state index in [1.165, 1.54) is 4.88 Å². The van der Waals surface area contributed by atoms with Crippen LogP contribution in [0.5, 0.6) is 0 Å². The number of aryl methyl sites for hydroxylation is 1. The maximum absolute atomic E-state index is 12.6. The number of thiazole rings is 1. The molecular weight excluding hydrogens is 506 g/mol. The summed E-state index contributed by atoms with van der Waals surface area (Å²) in [7, 11) is 0. The molecule has 0 unspecified atom stereocenters. The minimum atomic E-state index is -0.307. The third kappa shape index (κ3) is 8.86. The first-order valence-corrected chi connectivity index (χ1v) is 13.9. The van der Waals surface area contributed by atoms with Crippen LogP contribution in [0.25, 0.3) is 11.3 Å². The van der Waals surface area contributed by atoms with Crippen LogP contribution in [-0.4, -0.2) is 36.6 Å². The molecule has 0 saturated heterocycles. The predicted molar refractivity (Wildman–Crippen MR) is 152 cm³/mol. The van der Waals surface area contributed by atoms with E-state index in [2.05, 4.69) is 42.3 Å². The zero-order valence-corrected chi connectivity index (χ0v) is 23.6. The van der Waals surface area contributed by atoms with E-state index in [1.807, 2.05) is 37.3 Å². The summed E-state index contributed by atoms with van der Waals surface area (Å²) in [5, 5.41) is 4.46. The number of aromatic nitrogens is 1. The Kier molecular flexibility index (Phi) is 11.0. The molecule has 1 aromatic heterocycles. The fourth-order valence-corrected chi connectivity index (χ4v) is 5.35. The lowest BCUT2D eigenvalue weighted by atomic mass is 10.0. The standard InChI is InChI=1S/C29H36ClN3O3S/c1-5-36-27(35)13-15-31-26(34)14-16-33(19-22-9-7-6-8-10-22)29-32-28(25(37-29)17-20(2)3)23-11-12-24(30)21(4)18-23/h6-12,18,20H,5,13-17,19H2,1-4H3,(H,31,34). The molecule has 0 radical (unpaired) electrons. The zero-order chi connectivity index (χ0) is 26.8. The maximum atomic E-state index is 12.6. The average Bonchev–Trinajstić information content (AvgIpc) is 3.27. The molecule has 1 amide bonds. The van der Waals surface area contributed by atoms with Gasteiger partial charge in [0.25, 0.3) is 0 Å². The van der Waals surface area contributed by atoms with Gasteiger partial charge in [-0.05, 0) is 49.4 Å². The van der Waals surface area contributed by atoms with E-state index >= 15 is 0 Å². The van der Waals surface area contributed by atoms with Crippen LogP contribution in [0, 0.1) is 12.8 Å². The van der Waals surface area contributed by atoms with Gasteiger partial charge in [-0.15, -0.1) is 11.3 Å². The number of esters is 1. The van der Waals surface area contributed by atoms with Gasteiger partial charge in [0.1, 0.15) is 0 Å². The van der Waals surface area contributed by atoms with Crippen LogP contribution in [0.3, 0.4) is 0 Å². The summed E-state index contributed by atoms with van der Waals surface area (Å²) in [6, 6.07) is 16.2. The van der Waals surface area contributed by atoms with Crippen molar-refractivity contribution in [2.24, 2.45) is 5.92 Å². The van der Waals surface area contributed by atoms with Crippen molar-refractivity contribution in [3.63, 3.8) is 0 Å². The summed E-state index contributed by atoms with van der Waals surface area (Å²) in [4.78, 5) is 32.6. The van der Waals surface area contributed by atoms with E-state index in [-0.39, 0.29) is 24.8 Å². The highest BCUT2D eigenvalue weighted by Gasteiger charge is 2.20. The second kappa shape index (κ2) is 14.1. The number of amides is 1. The Bertz CT molecular complexity index is 1180. The number of hydrogen-bond donors (Lipinski definition) is 1. The molecule has 37 heavy (non-hydrogen) atoms. The molecule has 0 aliphatic carbocycles. The van der Waals surface area contributed by atoms with E-state index in [0.717, 1.165) is 39.0 Å². The first kappa shape index (κ1) is 28.7. The highest BCUT2D eigenvalue weighted by molar-refractivity contribution is 7.16. The van der Waals surface area contributed by atoms with Crippen molar-refractivity contribution in [2.75, 3.05) is 24.6 Å². The summed E-state index contributed by atoms with van der Waals surface area (Å²) < 4.78 is 4.92. The van der Waals surface area contributed by atoms with E-state index in [0.29, 0.717) is 32.0 Å². The number of benzene rings is 2. The highest BCUT2D eigenvalue weighted by atomic mass is 35.5. The van der Waals surface area contributed by atoms with Crippen LogP contribution < -0.4 is 10.2 Å². The van der Waals surface area contributed by atoms with Gasteiger partial charge >= 0.3 is 5.97 Å². The monoisotopic (exact) mass is 541 g/mol. The van der Waals surface area contributed by atoms with Crippen molar-refractivity contribution in [3.05, 3.63) is 69.6 Å². The molecule has 1 N–H and O–H groups in total. The molecule has 1 heterocycles. The molecule has 3 aromatic rings. The molecule has 6 nitrogen and oxygen atoms in total. The van der Waals surface area contributed by atoms with Crippen molar-refractivity contribution in [1.82, 2.24) is 10.3 Å². The first-order valence-electron chi connectivity index (χ1n) is 12.7. The molecule has 0 fully saturated rings. The molecule has 0 bridgehead atoms. The Morgan fingerprint density at radius 1 is 1.14 bits per heavy atom. The fourth-order valence-electron chi connectivity index (χ4n) is 3.91. The number of halogens is 1. The van der Waals surface area contributed by atoms with Crippen LogP contribution >= 0.6 is 22.9 Å². The molecule has 0 aliphatic rings. The van der Waals surface area contributed by atoms with Crippen molar-refractivity contribution in [1.29, 1.82) is 0 Å². The van der Waals surface area contributed by atoms with Crippen molar-refractivity contribution in [2.45, 2.75) is 53.5 Å². The molecule has 0 spiro atoms. The van der Waals surface area contributed by atoms with Crippen LogP contribution in [0.4, 0.5) is 5.13 Å². The van der Waals surface area contributed by atoms with E-state index < -0.39 is 0 Å². The van der Waals surface area contributed by atoms with Crippen molar-refractivity contribution < 1.29 is 14.3 Å². The summed E-state index contributed by atoms with van der Waals surface area (Å²) in [6.45, 7) is 9.94. The number of rotatable bonds is 13. The Hall–Kier alpha value is -2.90. The highest BCUT2D eigenvalue weighted by Crippen LogP contribution is 2.36. The van der Waals surface area contributed by atoms with Gasteiger partial charge in [-0.25, -0.2) is 4.98 Å². The largest absolute Gasteiger partial charge is 0.466 e. The Labute approximate surface area is 229 Å². The van der Waals surface area contributed by atoms with Crippen molar-refractivity contribution >= 4 is 39.9 Å². The second-order valence-electron chi connectivity index (χ2n) is 9.39. The summed E-state index contributed by atoms with van der Waals surface area (Å²) >= 11 is 7.98. The third-order valence-electron chi connectivity index (χ3n) is 5.76. The van der Waals surface area contributed by atoms with Gasteiger partial charge in [0.05, 0.1) is 18.7 Å². The number of nitrogens with zero attached hydrogens (tertiary/aromatic N) is 2. The van der Waals surface area contributed by atoms with Crippen LogP contribution in [-0.2, 0) is 27.3 Å². The topological polar surface area (TPSA) is 71.5 Å². The first-order chi connectivity index (χ1) is 17.8. The average molecular weight is 542 g/mol. The number of hydrogen-bond acceptors (Lipinski definition) is 6. The lowest BCUT2D eigenvalue weighted by Crippen LogP contribution is -2.32. The van der Waals surface area contributed by atoms with E-state index in [9.17, 15) is 9.59 Å². The van der Waals surface area contributed by atoms with Crippen LogP contribution in [0.1, 0.15) is 49.6 Å². The Morgan fingerprint density at radius 3 is 2.57 bits per heavy atom.